The fraction of sp³-hybridized carbons (Fsp3) is 0. The highest BCUT2D eigenvalue weighted by molar-refractivity contribution is 6.13. The lowest BCUT2D eigenvalue weighted by molar-refractivity contribution is 0.669. The largest absolute Gasteiger partial charge is 0.456 e. The lowest BCUT2D eigenvalue weighted by Gasteiger charge is -2.15. The number of nitrogens with zero attached hydrogens (tertiary/aromatic N) is 3. The van der Waals surface area contributed by atoms with Crippen LogP contribution in [0.4, 0.5) is 0 Å². The first kappa shape index (κ1) is 32.2. The van der Waals surface area contributed by atoms with Crippen LogP contribution in [0.5, 0.6) is 0 Å². The Morgan fingerprint density at radius 2 is 0.709 bits per heavy atom. The van der Waals surface area contributed by atoms with Crippen LogP contribution in [-0.2, 0) is 0 Å². The molecule has 0 bridgehead atoms. The lowest BCUT2D eigenvalue weighted by atomic mass is 9.89. The third-order valence-corrected chi connectivity index (χ3v) is 10.2. The molecule has 0 N–H and O–H groups in total. The van der Waals surface area contributed by atoms with E-state index in [9.17, 15) is 0 Å². The van der Waals surface area contributed by atoms with E-state index >= 15 is 0 Å². The van der Waals surface area contributed by atoms with E-state index in [4.69, 9.17) is 19.4 Å². The number of benzene rings is 8. The minimum absolute atomic E-state index is 0.619. The number of fused-ring (bicyclic) bond motifs is 3. The molecule has 0 spiro atoms. The van der Waals surface area contributed by atoms with Gasteiger partial charge in [0.25, 0.3) is 0 Å². The van der Waals surface area contributed by atoms with Crippen LogP contribution >= 0.6 is 0 Å². The molecule has 0 fully saturated rings. The molecule has 0 radical (unpaired) electrons. The van der Waals surface area contributed by atoms with Gasteiger partial charge in [-0.05, 0) is 68.8 Å². The zero-order valence-corrected chi connectivity index (χ0v) is 29.8. The van der Waals surface area contributed by atoms with Crippen molar-refractivity contribution in [2.75, 3.05) is 0 Å². The second-order valence-electron chi connectivity index (χ2n) is 13.6. The molecule has 0 saturated heterocycles. The minimum atomic E-state index is 0.619. The summed E-state index contributed by atoms with van der Waals surface area (Å²) in [6.07, 6.45) is 0. The highest BCUT2D eigenvalue weighted by Crippen LogP contribution is 2.42. The van der Waals surface area contributed by atoms with Crippen molar-refractivity contribution in [1.82, 2.24) is 15.0 Å². The highest BCUT2D eigenvalue weighted by Gasteiger charge is 2.18. The van der Waals surface area contributed by atoms with E-state index in [1.807, 2.05) is 60.7 Å². The third-order valence-electron chi connectivity index (χ3n) is 10.2. The summed E-state index contributed by atoms with van der Waals surface area (Å²) in [5, 5.41) is 2.14. The number of hydrogen-bond acceptors (Lipinski definition) is 4. The van der Waals surface area contributed by atoms with Gasteiger partial charge in [0.15, 0.2) is 17.5 Å². The van der Waals surface area contributed by atoms with Gasteiger partial charge >= 0.3 is 0 Å². The standard InChI is InChI=1S/C51H33N3O/c1-4-16-34(17-5-1)40-24-10-12-26-43(40)44-27-13-11-25-41(44)38-30-31-46-45(33-38)48-42(28-15-29-47(48)55-46)37-22-14-23-39(32-37)51-53-49(35-18-6-2-7-19-35)52-50(54-51)36-20-8-3-9-21-36/h1-33H. The summed E-state index contributed by atoms with van der Waals surface area (Å²) in [7, 11) is 0. The Morgan fingerprint density at radius 1 is 0.273 bits per heavy atom. The van der Waals surface area contributed by atoms with Crippen molar-refractivity contribution in [2.45, 2.75) is 0 Å². The summed E-state index contributed by atoms with van der Waals surface area (Å²) in [5.41, 5.74) is 13.7. The summed E-state index contributed by atoms with van der Waals surface area (Å²) in [4.78, 5) is 14.9. The Kier molecular flexibility index (Phi) is 8.12. The molecule has 0 aliphatic rings. The summed E-state index contributed by atoms with van der Waals surface area (Å²) in [6.45, 7) is 0. The van der Waals surface area contributed by atoms with E-state index in [1.54, 1.807) is 0 Å². The molecule has 258 valence electrons. The van der Waals surface area contributed by atoms with E-state index < -0.39 is 0 Å². The van der Waals surface area contributed by atoms with Crippen molar-refractivity contribution in [3.8, 4) is 78.7 Å². The molecule has 0 unspecified atom stereocenters. The van der Waals surface area contributed by atoms with Gasteiger partial charge in [0.05, 0.1) is 0 Å². The van der Waals surface area contributed by atoms with Crippen LogP contribution in [0, 0.1) is 0 Å². The molecule has 4 nitrogen and oxygen atoms in total. The summed E-state index contributed by atoms with van der Waals surface area (Å²) in [6, 6.07) is 69.4. The van der Waals surface area contributed by atoms with E-state index in [2.05, 4.69) is 140 Å². The third kappa shape index (κ3) is 6.06. The number of aromatic nitrogens is 3. The summed E-state index contributed by atoms with van der Waals surface area (Å²) in [5.74, 6) is 1.89. The fourth-order valence-electron chi connectivity index (χ4n) is 7.56. The number of hydrogen-bond donors (Lipinski definition) is 0. The van der Waals surface area contributed by atoms with E-state index in [0.29, 0.717) is 17.5 Å². The monoisotopic (exact) mass is 703 g/mol. The van der Waals surface area contributed by atoms with Crippen molar-refractivity contribution in [3.63, 3.8) is 0 Å². The quantitative estimate of drug-likeness (QED) is 0.166. The summed E-state index contributed by atoms with van der Waals surface area (Å²) >= 11 is 0. The first-order valence-corrected chi connectivity index (χ1v) is 18.4. The van der Waals surface area contributed by atoms with E-state index in [-0.39, 0.29) is 0 Å². The highest BCUT2D eigenvalue weighted by atomic mass is 16.3. The van der Waals surface area contributed by atoms with Crippen molar-refractivity contribution in [3.05, 3.63) is 200 Å². The maximum atomic E-state index is 6.51. The molecule has 0 saturated carbocycles. The van der Waals surface area contributed by atoms with Crippen LogP contribution < -0.4 is 0 Å². The molecule has 4 heteroatoms. The Hall–Kier alpha value is -7.43. The van der Waals surface area contributed by atoms with Crippen LogP contribution in [0.25, 0.3) is 101 Å². The van der Waals surface area contributed by atoms with Crippen LogP contribution in [-0.4, -0.2) is 15.0 Å². The van der Waals surface area contributed by atoms with Crippen molar-refractivity contribution in [1.29, 1.82) is 0 Å². The zero-order valence-electron chi connectivity index (χ0n) is 29.8. The molecule has 0 aliphatic heterocycles. The van der Waals surface area contributed by atoms with Gasteiger partial charge in [-0.3, -0.25) is 0 Å². The average molecular weight is 704 g/mol. The molecule has 2 heterocycles. The van der Waals surface area contributed by atoms with Gasteiger partial charge in [-0.25, -0.2) is 15.0 Å². The zero-order chi connectivity index (χ0) is 36.6. The molecule has 2 aromatic heterocycles. The molecular weight excluding hydrogens is 671 g/mol. The van der Waals surface area contributed by atoms with Crippen LogP contribution in [0.15, 0.2) is 205 Å². The van der Waals surface area contributed by atoms with Gasteiger partial charge in [0, 0.05) is 27.5 Å². The molecular formula is C51H33N3O. The maximum Gasteiger partial charge on any atom is 0.164 e. The van der Waals surface area contributed by atoms with Gasteiger partial charge in [-0.15, -0.1) is 0 Å². The smallest absolute Gasteiger partial charge is 0.164 e. The first-order chi connectivity index (χ1) is 27.3. The van der Waals surface area contributed by atoms with Gasteiger partial charge < -0.3 is 4.42 Å². The molecule has 0 amide bonds. The SMILES string of the molecule is c1ccc(-c2nc(-c3ccccc3)nc(-c3cccc(-c4cccc5oc6ccc(-c7ccccc7-c7ccccc7-c7ccccc7)cc6c45)c3)n2)cc1. The second-order valence-corrected chi connectivity index (χ2v) is 13.6. The van der Waals surface area contributed by atoms with E-state index in [0.717, 1.165) is 55.3 Å². The Bertz CT molecular complexity index is 2910. The summed E-state index contributed by atoms with van der Waals surface area (Å²) < 4.78 is 6.51. The minimum Gasteiger partial charge on any atom is -0.456 e. The molecule has 55 heavy (non-hydrogen) atoms. The van der Waals surface area contributed by atoms with Crippen LogP contribution in [0.2, 0.25) is 0 Å². The van der Waals surface area contributed by atoms with Gasteiger partial charge in [-0.2, -0.15) is 0 Å². The average Bonchev–Trinajstić information content (AvgIpc) is 3.65. The molecule has 10 rings (SSSR count). The van der Waals surface area contributed by atoms with Gasteiger partial charge in [0.2, 0.25) is 0 Å². The topological polar surface area (TPSA) is 51.8 Å². The predicted molar refractivity (Wildman–Crippen MR) is 225 cm³/mol. The second kappa shape index (κ2) is 13.8. The van der Waals surface area contributed by atoms with Crippen molar-refractivity contribution >= 4 is 21.9 Å². The predicted octanol–water partition coefficient (Wildman–Crippen LogP) is 13.4. The van der Waals surface area contributed by atoms with Crippen molar-refractivity contribution < 1.29 is 4.42 Å². The van der Waals surface area contributed by atoms with Crippen LogP contribution in [0.1, 0.15) is 0 Å². The Morgan fingerprint density at radius 3 is 1.33 bits per heavy atom. The molecule has 0 atom stereocenters. The number of rotatable bonds is 7. The van der Waals surface area contributed by atoms with Crippen LogP contribution in [0.3, 0.4) is 0 Å². The number of furan rings is 1. The lowest BCUT2D eigenvalue weighted by Crippen LogP contribution is -2.00. The maximum absolute atomic E-state index is 6.51. The molecule has 8 aromatic carbocycles. The van der Waals surface area contributed by atoms with Gasteiger partial charge in [-0.1, -0.05) is 176 Å². The normalized spacial score (nSPS) is 11.3. The van der Waals surface area contributed by atoms with Crippen molar-refractivity contribution in [2.24, 2.45) is 0 Å². The first-order valence-electron chi connectivity index (χ1n) is 18.4. The van der Waals surface area contributed by atoms with Gasteiger partial charge in [0.1, 0.15) is 11.2 Å². The molecule has 0 aliphatic carbocycles. The fourth-order valence-corrected chi connectivity index (χ4v) is 7.56. The van der Waals surface area contributed by atoms with E-state index in [1.165, 1.54) is 27.8 Å². The Balaban J connectivity index is 1.10. The molecule has 10 aromatic rings. The Labute approximate surface area is 319 Å².